The number of thiophene rings is 1. The van der Waals surface area contributed by atoms with Crippen molar-refractivity contribution in [3.05, 3.63) is 17.5 Å². The van der Waals surface area contributed by atoms with E-state index in [1.807, 2.05) is 17.5 Å². The number of carbonyl (C=O) groups excluding carboxylic acids is 1. The van der Waals surface area contributed by atoms with Gasteiger partial charge in [-0.3, -0.25) is 4.79 Å². The predicted molar refractivity (Wildman–Crippen MR) is 90.1 cm³/mol. The molecule has 3 rings (SSSR count). The lowest BCUT2D eigenvalue weighted by Crippen LogP contribution is -2.35. The minimum atomic E-state index is 0.0766. The fraction of sp³-hybridized carbons (Fsp3) is 0.533. The number of amides is 1. The molecule has 2 heterocycles. The molecule has 1 amide bonds. The van der Waals surface area contributed by atoms with Crippen LogP contribution in [0.15, 0.2) is 22.7 Å². The molecule has 118 valence electrons. The van der Waals surface area contributed by atoms with E-state index >= 15 is 0 Å². The van der Waals surface area contributed by atoms with Gasteiger partial charge in [0.1, 0.15) is 0 Å². The molecular formula is C15H20N4OS2. The summed E-state index contributed by atoms with van der Waals surface area (Å²) in [6.45, 7) is 4.95. The average Bonchev–Trinajstić information content (AvgIpc) is 3.07. The highest BCUT2D eigenvalue weighted by molar-refractivity contribution is 7.99. The van der Waals surface area contributed by atoms with Crippen molar-refractivity contribution in [3.63, 3.8) is 0 Å². The summed E-state index contributed by atoms with van der Waals surface area (Å²) >= 11 is 3.10. The Labute approximate surface area is 138 Å². The molecule has 1 aliphatic rings. The van der Waals surface area contributed by atoms with E-state index in [-0.39, 0.29) is 5.91 Å². The van der Waals surface area contributed by atoms with Gasteiger partial charge in [0.2, 0.25) is 5.91 Å². The van der Waals surface area contributed by atoms with Crippen molar-refractivity contribution in [1.29, 1.82) is 0 Å². The standard InChI is InChI=1S/C15H20N4OS2/c1-3-19-14(12-5-4-8-21-12)17-18-15(19)22-9-13(20)16-10(2)11-6-7-11/h4-5,8,10-11H,3,6-7,9H2,1-2H3,(H,16,20)/t10-/m0/s1. The van der Waals surface area contributed by atoms with Crippen LogP contribution in [0.25, 0.3) is 10.7 Å². The number of hydrogen-bond donors (Lipinski definition) is 1. The first-order valence-corrected chi connectivity index (χ1v) is 9.44. The largest absolute Gasteiger partial charge is 0.353 e. The number of nitrogens with zero attached hydrogens (tertiary/aromatic N) is 3. The molecule has 1 aliphatic carbocycles. The molecule has 0 aromatic carbocycles. The lowest BCUT2D eigenvalue weighted by Gasteiger charge is -2.12. The van der Waals surface area contributed by atoms with Gasteiger partial charge < -0.3 is 9.88 Å². The van der Waals surface area contributed by atoms with E-state index in [0.29, 0.717) is 17.7 Å². The zero-order valence-electron chi connectivity index (χ0n) is 12.8. The second-order valence-electron chi connectivity index (χ2n) is 5.51. The summed E-state index contributed by atoms with van der Waals surface area (Å²) in [5.74, 6) is 2.03. The highest BCUT2D eigenvalue weighted by Crippen LogP contribution is 2.32. The Bertz CT molecular complexity index is 634. The van der Waals surface area contributed by atoms with Gasteiger partial charge in [0.05, 0.1) is 10.6 Å². The van der Waals surface area contributed by atoms with Crippen LogP contribution in [0.2, 0.25) is 0 Å². The van der Waals surface area contributed by atoms with Gasteiger partial charge >= 0.3 is 0 Å². The van der Waals surface area contributed by atoms with Crippen LogP contribution < -0.4 is 5.32 Å². The smallest absolute Gasteiger partial charge is 0.230 e. The van der Waals surface area contributed by atoms with Gasteiger partial charge in [-0.2, -0.15) is 0 Å². The first kappa shape index (κ1) is 15.6. The fourth-order valence-electron chi connectivity index (χ4n) is 2.41. The molecule has 0 spiro atoms. The first-order valence-electron chi connectivity index (χ1n) is 7.58. The number of hydrogen-bond acceptors (Lipinski definition) is 5. The molecule has 0 bridgehead atoms. The van der Waals surface area contributed by atoms with Crippen molar-refractivity contribution < 1.29 is 4.79 Å². The van der Waals surface area contributed by atoms with Crippen LogP contribution in [0.1, 0.15) is 26.7 Å². The lowest BCUT2D eigenvalue weighted by atomic mass is 10.2. The first-order chi connectivity index (χ1) is 10.7. The number of carbonyl (C=O) groups is 1. The average molecular weight is 336 g/mol. The van der Waals surface area contributed by atoms with Crippen LogP contribution in [0.4, 0.5) is 0 Å². The van der Waals surface area contributed by atoms with Crippen molar-refractivity contribution in [2.24, 2.45) is 5.92 Å². The van der Waals surface area contributed by atoms with Crippen molar-refractivity contribution in [2.75, 3.05) is 5.75 Å². The molecule has 2 aromatic rings. The normalized spacial score (nSPS) is 15.7. The van der Waals surface area contributed by atoms with E-state index in [0.717, 1.165) is 22.4 Å². The van der Waals surface area contributed by atoms with Crippen LogP contribution in [0.5, 0.6) is 0 Å². The Morgan fingerprint density at radius 3 is 3.00 bits per heavy atom. The molecule has 0 saturated heterocycles. The number of rotatable bonds is 7. The summed E-state index contributed by atoms with van der Waals surface area (Å²) in [4.78, 5) is 13.1. The Hall–Kier alpha value is -1.34. The molecule has 1 fully saturated rings. The maximum atomic E-state index is 12.0. The minimum Gasteiger partial charge on any atom is -0.353 e. The molecule has 0 aliphatic heterocycles. The van der Waals surface area contributed by atoms with Gasteiger partial charge in [-0.25, -0.2) is 0 Å². The van der Waals surface area contributed by atoms with Crippen LogP contribution in [0.3, 0.4) is 0 Å². The summed E-state index contributed by atoms with van der Waals surface area (Å²) < 4.78 is 2.06. The van der Waals surface area contributed by atoms with Crippen LogP contribution in [0, 0.1) is 5.92 Å². The molecule has 1 saturated carbocycles. The quantitative estimate of drug-likeness (QED) is 0.790. The third-order valence-corrected chi connectivity index (χ3v) is 5.66. The summed E-state index contributed by atoms with van der Waals surface area (Å²) in [7, 11) is 0. The van der Waals surface area contributed by atoms with E-state index in [4.69, 9.17) is 0 Å². The predicted octanol–water partition coefficient (Wildman–Crippen LogP) is 3.03. The van der Waals surface area contributed by atoms with Crippen molar-refractivity contribution >= 4 is 29.0 Å². The minimum absolute atomic E-state index is 0.0766. The molecule has 0 radical (unpaired) electrons. The van der Waals surface area contributed by atoms with Gasteiger partial charge in [-0.05, 0) is 44.1 Å². The van der Waals surface area contributed by atoms with E-state index in [1.54, 1.807) is 11.3 Å². The Balaban J connectivity index is 1.61. The van der Waals surface area contributed by atoms with Gasteiger partial charge in [0, 0.05) is 12.6 Å². The lowest BCUT2D eigenvalue weighted by molar-refractivity contribution is -0.119. The molecule has 5 nitrogen and oxygen atoms in total. The highest BCUT2D eigenvalue weighted by Gasteiger charge is 2.28. The Morgan fingerprint density at radius 2 is 2.36 bits per heavy atom. The van der Waals surface area contributed by atoms with Crippen molar-refractivity contribution in [3.8, 4) is 10.7 Å². The summed E-state index contributed by atoms with van der Waals surface area (Å²) in [6.07, 6.45) is 2.48. The van der Waals surface area contributed by atoms with Crippen LogP contribution in [-0.4, -0.2) is 32.5 Å². The third-order valence-electron chi connectivity index (χ3n) is 3.82. The van der Waals surface area contributed by atoms with E-state index < -0.39 is 0 Å². The van der Waals surface area contributed by atoms with Gasteiger partial charge in [-0.1, -0.05) is 17.8 Å². The van der Waals surface area contributed by atoms with Gasteiger partial charge in [0.25, 0.3) is 0 Å². The number of nitrogens with one attached hydrogen (secondary N) is 1. The number of thioether (sulfide) groups is 1. The summed E-state index contributed by atoms with van der Waals surface area (Å²) in [6, 6.07) is 4.34. The van der Waals surface area contributed by atoms with Gasteiger partial charge in [-0.15, -0.1) is 21.5 Å². The molecule has 2 aromatic heterocycles. The van der Waals surface area contributed by atoms with Crippen LogP contribution >= 0.6 is 23.1 Å². The monoisotopic (exact) mass is 336 g/mol. The molecular weight excluding hydrogens is 316 g/mol. The second kappa shape index (κ2) is 6.83. The van der Waals surface area contributed by atoms with Gasteiger partial charge in [0.15, 0.2) is 11.0 Å². The maximum absolute atomic E-state index is 12.0. The molecule has 1 N–H and O–H groups in total. The van der Waals surface area contributed by atoms with E-state index in [1.165, 1.54) is 24.6 Å². The number of aromatic nitrogens is 3. The molecule has 1 atom stereocenters. The SMILES string of the molecule is CCn1c(SCC(=O)N[C@@H](C)C2CC2)nnc1-c1cccs1. The zero-order valence-corrected chi connectivity index (χ0v) is 14.4. The van der Waals surface area contributed by atoms with Crippen molar-refractivity contribution in [2.45, 2.75) is 44.4 Å². The molecule has 22 heavy (non-hydrogen) atoms. The summed E-state index contributed by atoms with van der Waals surface area (Å²) in [5, 5.41) is 14.4. The van der Waals surface area contributed by atoms with Crippen molar-refractivity contribution in [1.82, 2.24) is 20.1 Å². The van der Waals surface area contributed by atoms with E-state index in [9.17, 15) is 4.79 Å². The highest BCUT2D eigenvalue weighted by atomic mass is 32.2. The Kier molecular flexibility index (Phi) is 4.83. The van der Waals surface area contributed by atoms with E-state index in [2.05, 4.69) is 33.9 Å². The topological polar surface area (TPSA) is 59.8 Å². The molecule has 7 heteroatoms. The van der Waals surface area contributed by atoms with Crippen LogP contribution in [-0.2, 0) is 11.3 Å². The maximum Gasteiger partial charge on any atom is 0.230 e. The third kappa shape index (κ3) is 3.52. The summed E-state index contributed by atoms with van der Waals surface area (Å²) in [5.41, 5.74) is 0. The fourth-order valence-corrected chi connectivity index (χ4v) is 3.94. The Morgan fingerprint density at radius 1 is 1.55 bits per heavy atom. The molecule has 0 unspecified atom stereocenters. The second-order valence-corrected chi connectivity index (χ2v) is 7.40. The zero-order chi connectivity index (χ0) is 15.5.